The molecule has 0 aliphatic rings. The number of hydrogen-bond donors (Lipinski definition) is 1. The smallest absolute Gasteiger partial charge is 0.210 e. The average molecular weight is 324 g/mol. The van der Waals surface area contributed by atoms with Gasteiger partial charge in [-0.3, -0.25) is 0 Å². The zero-order valence-corrected chi connectivity index (χ0v) is 11.9. The van der Waals surface area contributed by atoms with Crippen LogP contribution in [0.4, 0.5) is 4.39 Å². The van der Waals surface area contributed by atoms with Crippen molar-refractivity contribution >= 4 is 26.0 Å². The maximum Gasteiger partial charge on any atom is 0.243 e. The van der Waals surface area contributed by atoms with Gasteiger partial charge in [0, 0.05) is 11.4 Å². The minimum absolute atomic E-state index is 0.0639. The Hall–Kier alpha value is -0.460. The number of halogens is 2. The second kappa shape index (κ2) is 6.47. The molecular weight excluding hydrogens is 309 g/mol. The predicted octanol–water partition coefficient (Wildman–Crippen LogP) is 2.67. The minimum Gasteiger partial charge on any atom is -0.210 e. The Morgan fingerprint density at radius 1 is 1.41 bits per heavy atom. The molecule has 0 aromatic heterocycles. The van der Waals surface area contributed by atoms with Crippen LogP contribution in [-0.2, 0) is 10.0 Å². The molecule has 0 heterocycles. The Morgan fingerprint density at radius 2 is 2.06 bits per heavy atom. The van der Waals surface area contributed by atoms with Crippen molar-refractivity contribution in [1.82, 2.24) is 4.72 Å². The highest BCUT2D eigenvalue weighted by Gasteiger charge is 2.18. The molecule has 1 N–H and O–H groups in total. The first-order chi connectivity index (χ1) is 7.97. The Kier molecular flexibility index (Phi) is 5.55. The summed E-state index contributed by atoms with van der Waals surface area (Å²) in [6.45, 7) is 2.27. The van der Waals surface area contributed by atoms with E-state index in [9.17, 15) is 12.8 Å². The van der Waals surface area contributed by atoms with E-state index in [4.69, 9.17) is 0 Å². The highest BCUT2D eigenvalue weighted by molar-refractivity contribution is 9.09. The molecule has 0 aliphatic carbocycles. The van der Waals surface area contributed by atoms with Gasteiger partial charge >= 0.3 is 0 Å². The van der Waals surface area contributed by atoms with E-state index in [-0.39, 0.29) is 16.3 Å². The van der Waals surface area contributed by atoms with E-state index in [1.54, 1.807) is 0 Å². The zero-order valence-electron chi connectivity index (χ0n) is 9.49. The van der Waals surface area contributed by atoms with Crippen LogP contribution in [0.5, 0.6) is 0 Å². The molecule has 0 spiro atoms. The third kappa shape index (κ3) is 4.37. The molecule has 0 bridgehead atoms. The van der Waals surface area contributed by atoms with Crippen LogP contribution in [0.15, 0.2) is 29.2 Å². The number of nitrogens with one attached hydrogen (secondary N) is 1. The topological polar surface area (TPSA) is 46.2 Å². The third-order valence-corrected chi connectivity index (χ3v) is 4.46. The largest absolute Gasteiger partial charge is 0.243 e. The van der Waals surface area contributed by atoms with E-state index in [2.05, 4.69) is 20.7 Å². The van der Waals surface area contributed by atoms with Crippen molar-refractivity contribution in [3.05, 3.63) is 30.1 Å². The van der Waals surface area contributed by atoms with Crippen molar-refractivity contribution in [3.8, 4) is 0 Å². The second-order valence-corrected chi connectivity index (χ2v) is 6.70. The number of sulfonamides is 1. The molecule has 0 saturated heterocycles. The Bertz CT molecular complexity index is 464. The quantitative estimate of drug-likeness (QED) is 0.818. The summed E-state index contributed by atoms with van der Waals surface area (Å²) in [5.41, 5.74) is 0. The fraction of sp³-hybridized carbons (Fsp3) is 0.455. The van der Waals surface area contributed by atoms with Crippen LogP contribution < -0.4 is 4.72 Å². The summed E-state index contributed by atoms with van der Waals surface area (Å²) in [4.78, 5) is -0.245. The SMILES string of the molecule is CCCC(Br)CNS(=O)(=O)c1ccccc1F. The van der Waals surface area contributed by atoms with Crippen molar-refractivity contribution in [3.63, 3.8) is 0 Å². The van der Waals surface area contributed by atoms with Crippen LogP contribution in [0.25, 0.3) is 0 Å². The van der Waals surface area contributed by atoms with Gasteiger partial charge in [0.05, 0.1) is 0 Å². The molecule has 0 saturated carbocycles. The maximum absolute atomic E-state index is 13.3. The molecule has 1 aromatic carbocycles. The van der Waals surface area contributed by atoms with Crippen LogP contribution in [0, 0.1) is 5.82 Å². The van der Waals surface area contributed by atoms with Gasteiger partial charge in [0.2, 0.25) is 10.0 Å². The van der Waals surface area contributed by atoms with E-state index >= 15 is 0 Å². The summed E-state index contributed by atoms with van der Waals surface area (Å²) in [5.74, 6) is -0.735. The monoisotopic (exact) mass is 323 g/mol. The van der Waals surface area contributed by atoms with Gasteiger partial charge in [0.15, 0.2) is 0 Å². The molecule has 0 radical (unpaired) electrons. The van der Waals surface area contributed by atoms with E-state index in [1.807, 2.05) is 6.92 Å². The summed E-state index contributed by atoms with van der Waals surface area (Å²) in [5, 5.41) is 0. The molecule has 6 heteroatoms. The lowest BCUT2D eigenvalue weighted by Gasteiger charge is -2.11. The van der Waals surface area contributed by atoms with Gasteiger partial charge in [-0.25, -0.2) is 17.5 Å². The number of benzene rings is 1. The second-order valence-electron chi connectivity index (χ2n) is 3.67. The Balaban J connectivity index is 2.73. The summed E-state index contributed by atoms with van der Waals surface area (Å²) in [6, 6.07) is 5.33. The first-order valence-corrected chi connectivity index (χ1v) is 7.75. The maximum atomic E-state index is 13.3. The predicted molar refractivity (Wildman–Crippen MR) is 69.2 cm³/mol. The molecule has 96 valence electrons. The Morgan fingerprint density at radius 3 is 2.65 bits per heavy atom. The van der Waals surface area contributed by atoms with Crippen LogP contribution in [0.2, 0.25) is 0 Å². The van der Waals surface area contributed by atoms with Crippen molar-refractivity contribution in [2.75, 3.05) is 6.54 Å². The average Bonchev–Trinajstić information content (AvgIpc) is 2.27. The minimum atomic E-state index is -3.76. The van der Waals surface area contributed by atoms with E-state index in [0.29, 0.717) is 0 Å². The van der Waals surface area contributed by atoms with Gasteiger partial charge in [-0.15, -0.1) is 0 Å². The molecule has 0 fully saturated rings. The van der Waals surface area contributed by atoms with Gasteiger partial charge in [0.25, 0.3) is 0 Å². The molecule has 3 nitrogen and oxygen atoms in total. The van der Waals surface area contributed by atoms with Crippen LogP contribution >= 0.6 is 15.9 Å². The lowest BCUT2D eigenvalue weighted by Crippen LogP contribution is -2.30. The lowest BCUT2D eigenvalue weighted by molar-refractivity contribution is 0.555. The van der Waals surface area contributed by atoms with Crippen molar-refractivity contribution < 1.29 is 12.8 Å². The van der Waals surface area contributed by atoms with Gasteiger partial charge in [-0.2, -0.15) is 0 Å². The van der Waals surface area contributed by atoms with Gasteiger partial charge in [0.1, 0.15) is 10.7 Å². The van der Waals surface area contributed by atoms with Crippen LogP contribution in [-0.4, -0.2) is 19.8 Å². The molecule has 1 atom stereocenters. The molecular formula is C11H15BrFNO2S. The summed E-state index contributed by atoms with van der Waals surface area (Å²) in [7, 11) is -3.76. The fourth-order valence-corrected chi connectivity index (χ4v) is 3.35. The summed E-state index contributed by atoms with van der Waals surface area (Å²) < 4.78 is 39.3. The van der Waals surface area contributed by atoms with E-state index < -0.39 is 15.8 Å². The lowest BCUT2D eigenvalue weighted by atomic mass is 10.2. The normalized spacial score (nSPS) is 13.6. The third-order valence-electron chi connectivity index (χ3n) is 2.22. The number of rotatable bonds is 6. The first-order valence-electron chi connectivity index (χ1n) is 5.35. The van der Waals surface area contributed by atoms with E-state index in [1.165, 1.54) is 18.2 Å². The van der Waals surface area contributed by atoms with Crippen molar-refractivity contribution in [1.29, 1.82) is 0 Å². The molecule has 1 aromatic rings. The first kappa shape index (κ1) is 14.6. The van der Waals surface area contributed by atoms with Crippen LogP contribution in [0.1, 0.15) is 19.8 Å². The van der Waals surface area contributed by atoms with Gasteiger partial charge in [-0.05, 0) is 18.6 Å². The van der Waals surface area contributed by atoms with Gasteiger partial charge in [-0.1, -0.05) is 41.4 Å². The number of alkyl halides is 1. The van der Waals surface area contributed by atoms with Crippen molar-refractivity contribution in [2.45, 2.75) is 29.5 Å². The Labute approximate surface area is 110 Å². The summed E-state index contributed by atoms with van der Waals surface area (Å²) in [6.07, 6.45) is 1.82. The van der Waals surface area contributed by atoms with Crippen molar-refractivity contribution in [2.24, 2.45) is 0 Å². The van der Waals surface area contributed by atoms with E-state index in [0.717, 1.165) is 18.9 Å². The fourth-order valence-electron chi connectivity index (χ4n) is 1.36. The zero-order chi connectivity index (χ0) is 12.9. The molecule has 1 unspecified atom stereocenters. The van der Waals surface area contributed by atoms with Gasteiger partial charge < -0.3 is 0 Å². The standard InChI is InChI=1S/C11H15BrFNO2S/c1-2-5-9(12)8-14-17(15,16)11-7-4-3-6-10(11)13/h3-4,6-7,9,14H,2,5,8H2,1H3. The van der Waals surface area contributed by atoms with Crippen LogP contribution in [0.3, 0.4) is 0 Å². The number of hydrogen-bond acceptors (Lipinski definition) is 2. The molecule has 1 rings (SSSR count). The molecule has 0 amide bonds. The molecule has 17 heavy (non-hydrogen) atoms. The highest BCUT2D eigenvalue weighted by Crippen LogP contribution is 2.14. The molecule has 0 aliphatic heterocycles. The highest BCUT2D eigenvalue weighted by atomic mass is 79.9. The summed E-state index contributed by atoms with van der Waals surface area (Å²) >= 11 is 3.36.